The zero-order chi connectivity index (χ0) is 21.3. The molecule has 30 heavy (non-hydrogen) atoms. The molecule has 2 aliphatic heterocycles. The van der Waals surface area contributed by atoms with Crippen LogP contribution >= 0.6 is 0 Å². The fourth-order valence-electron chi connectivity index (χ4n) is 3.73. The molecule has 10 nitrogen and oxygen atoms in total. The van der Waals surface area contributed by atoms with Gasteiger partial charge in [0.15, 0.2) is 5.82 Å². The molecule has 4 amide bonds. The number of rotatable bonds is 6. The predicted molar refractivity (Wildman–Crippen MR) is 105 cm³/mol. The van der Waals surface area contributed by atoms with Crippen LogP contribution in [-0.4, -0.2) is 57.9 Å². The smallest absolute Gasteiger partial charge is 0.262 e. The molecule has 0 aliphatic carbocycles. The molecule has 2 aliphatic rings. The number of piperidine rings is 1. The van der Waals surface area contributed by atoms with Crippen molar-refractivity contribution in [1.82, 2.24) is 20.4 Å². The van der Waals surface area contributed by atoms with E-state index in [1.165, 1.54) is 0 Å². The minimum absolute atomic E-state index is 0.0845. The van der Waals surface area contributed by atoms with E-state index in [2.05, 4.69) is 15.5 Å². The van der Waals surface area contributed by atoms with Crippen LogP contribution < -0.4 is 16.0 Å². The number of imide groups is 2. The van der Waals surface area contributed by atoms with Gasteiger partial charge in [-0.15, -0.1) is 5.10 Å². The summed E-state index contributed by atoms with van der Waals surface area (Å²) in [5.74, 6) is -1.44. The van der Waals surface area contributed by atoms with Crippen molar-refractivity contribution in [1.29, 1.82) is 0 Å². The van der Waals surface area contributed by atoms with E-state index in [0.29, 0.717) is 25.5 Å². The predicted octanol–water partition coefficient (Wildman–Crippen LogP) is -0.157. The molecular formula is C20H20N6O4. The maximum Gasteiger partial charge on any atom is 0.262 e. The molecule has 3 heterocycles. The molecule has 4 rings (SSSR count). The molecule has 0 saturated carbocycles. The number of fused-ring (bicyclic) bond motifs is 1. The number of amides is 4. The normalized spacial score (nSPS) is 18.4. The standard InChI is InChI=1S/C20H20N6O4/c21-7-9-25(16-2-1-8-22-24-16)11-12-3-4-13-14(10-12)20(30)26(19(13)29)15-5-6-17(27)23-18(15)28/h1-4,8,10,15H,5-7,9,11,21H2,(H,23,27,28). The van der Waals surface area contributed by atoms with Gasteiger partial charge in [0.05, 0.1) is 11.1 Å². The van der Waals surface area contributed by atoms with E-state index >= 15 is 0 Å². The third-order valence-electron chi connectivity index (χ3n) is 5.16. The summed E-state index contributed by atoms with van der Waals surface area (Å²) in [4.78, 5) is 52.2. The molecule has 1 unspecified atom stereocenters. The monoisotopic (exact) mass is 408 g/mol. The molecule has 0 spiro atoms. The van der Waals surface area contributed by atoms with E-state index in [1.807, 2.05) is 11.0 Å². The van der Waals surface area contributed by atoms with Crippen LogP contribution in [0.15, 0.2) is 36.5 Å². The second kappa shape index (κ2) is 7.99. The molecule has 3 N–H and O–H groups in total. The first-order chi connectivity index (χ1) is 14.5. The summed E-state index contributed by atoms with van der Waals surface area (Å²) in [5, 5.41) is 10.2. The van der Waals surface area contributed by atoms with Crippen LogP contribution in [-0.2, 0) is 16.1 Å². The Morgan fingerprint density at radius 1 is 1.13 bits per heavy atom. The minimum Gasteiger partial charge on any atom is -0.350 e. The Bertz CT molecular complexity index is 1030. The topological polar surface area (TPSA) is 139 Å². The van der Waals surface area contributed by atoms with E-state index in [4.69, 9.17) is 5.73 Å². The number of carbonyl (C=O) groups excluding carboxylic acids is 4. The van der Waals surface area contributed by atoms with Gasteiger partial charge in [-0.1, -0.05) is 6.07 Å². The van der Waals surface area contributed by atoms with Crippen molar-refractivity contribution < 1.29 is 19.2 Å². The van der Waals surface area contributed by atoms with Crippen LogP contribution in [0, 0.1) is 0 Å². The number of nitrogens with two attached hydrogens (primary N) is 1. The average molecular weight is 408 g/mol. The minimum atomic E-state index is -0.980. The van der Waals surface area contributed by atoms with Gasteiger partial charge in [-0.05, 0) is 36.2 Å². The SMILES string of the molecule is NCCN(Cc1ccc2c(c1)C(=O)N(C1CCC(=O)NC1=O)C2=O)c1cccnn1. The Kier molecular flexibility index (Phi) is 5.23. The number of hydrogen-bond acceptors (Lipinski definition) is 8. The number of anilines is 1. The van der Waals surface area contributed by atoms with Gasteiger partial charge < -0.3 is 10.6 Å². The van der Waals surface area contributed by atoms with Crippen molar-refractivity contribution >= 4 is 29.4 Å². The number of nitrogens with zero attached hydrogens (tertiary/aromatic N) is 4. The van der Waals surface area contributed by atoms with Crippen LogP contribution in [0.2, 0.25) is 0 Å². The molecule has 1 fully saturated rings. The van der Waals surface area contributed by atoms with Gasteiger partial charge in [-0.3, -0.25) is 29.4 Å². The van der Waals surface area contributed by atoms with Gasteiger partial charge in [0, 0.05) is 32.3 Å². The zero-order valence-corrected chi connectivity index (χ0v) is 16.1. The maximum absolute atomic E-state index is 13.0. The second-order valence-corrected chi connectivity index (χ2v) is 7.12. The lowest BCUT2D eigenvalue weighted by Gasteiger charge is -2.27. The van der Waals surface area contributed by atoms with Crippen molar-refractivity contribution in [3.8, 4) is 0 Å². The van der Waals surface area contributed by atoms with Crippen molar-refractivity contribution in [2.75, 3.05) is 18.0 Å². The zero-order valence-electron chi connectivity index (χ0n) is 16.1. The van der Waals surface area contributed by atoms with E-state index in [9.17, 15) is 19.2 Å². The first-order valence-electron chi connectivity index (χ1n) is 9.57. The van der Waals surface area contributed by atoms with Gasteiger partial charge in [-0.25, -0.2) is 0 Å². The number of nitrogens with one attached hydrogen (secondary N) is 1. The largest absolute Gasteiger partial charge is 0.350 e. The summed E-state index contributed by atoms with van der Waals surface area (Å²) in [6.45, 7) is 1.36. The van der Waals surface area contributed by atoms with Crippen LogP contribution in [0.4, 0.5) is 5.82 Å². The van der Waals surface area contributed by atoms with E-state index < -0.39 is 29.7 Å². The fraction of sp³-hybridized carbons (Fsp3) is 0.300. The molecule has 1 atom stereocenters. The molecule has 154 valence electrons. The van der Waals surface area contributed by atoms with Gasteiger partial charge >= 0.3 is 0 Å². The number of hydrogen-bond donors (Lipinski definition) is 2. The molecule has 1 aromatic heterocycles. The summed E-state index contributed by atoms with van der Waals surface area (Å²) in [5.41, 5.74) is 7.00. The lowest BCUT2D eigenvalue weighted by molar-refractivity contribution is -0.136. The van der Waals surface area contributed by atoms with Crippen LogP contribution in [0.5, 0.6) is 0 Å². The van der Waals surface area contributed by atoms with Crippen LogP contribution in [0.25, 0.3) is 0 Å². The maximum atomic E-state index is 13.0. The van der Waals surface area contributed by atoms with Crippen molar-refractivity contribution in [2.45, 2.75) is 25.4 Å². The molecule has 2 aromatic rings. The van der Waals surface area contributed by atoms with Gasteiger partial charge in [0.1, 0.15) is 6.04 Å². The third kappa shape index (κ3) is 3.52. The highest BCUT2D eigenvalue weighted by atomic mass is 16.2. The summed E-state index contributed by atoms with van der Waals surface area (Å²) in [7, 11) is 0. The molecule has 1 aromatic carbocycles. The first-order valence-corrected chi connectivity index (χ1v) is 9.57. The van der Waals surface area contributed by atoms with Gasteiger partial charge in [-0.2, -0.15) is 5.10 Å². The highest BCUT2D eigenvalue weighted by Gasteiger charge is 2.44. The Morgan fingerprint density at radius 3 is 2.63 bits per heavy atom. The molecule has 0 bridgehead atoms. The van der Waals surface area contributed by atoms with Crippen molar-refractivity contribution in [3.63, 3.8) is 0 Å². The highest BCUT2D eigenvalue weighted by molar-refractivity contribution is 6.23. The second-order valence-electron chi connectivity index (χ2n) is 7.12. The quantitative estimate of drug-likeness (QED) is 0.629. The average Bonchev–Trinajstić information content (AvgIpc) is 2.99. The number of aromatic nitrogens is 2. The molecular weight excluding hydrogens is 388 g/mol. The third-order valence-corrected chi connectivity index (χ3v) is 5.16. The van der Waals surface area contributed by atoms with Gasteiger partial charge in [0.25, 0.3) is 11.8 Å². The summed E-state index contributed by atoms with van der Waals surface area (Å²) in [6, 6.07) is 7.61. The van der Waals surface area contributed by atoms with E-state index in [0.717, 1.165) is 10.5 Å². The highest BCUT2D eigenvalue weighted by Crippen LogP contribution is 2.29. The van der Waals surface area contributed by atoms with E-state index in [1.54, 1.807) is 30.5 Å². The lowest BCUT2D eigenvalue weighted by atomic mass is 10.0. The molecule has 10 heteroatoms. The number of benzene rings is 1. The Balaban J connectivity index is 1.59. The molecule has 1 saturated heterocycles. The fourth-order valence-corrected chi connectivity index (χ4v) is 3.73. The Hall–Kier alpha value is -3.66. The van der Waals surface area contributed by atoms with Crippen molar-refractivity contribution in [2.24, 2.45) is 5.73 Å². The lowest BCUT2D eigenvalue weighted by Crippen LogP contribution is -2.54. The first kappa shape index (κ1) is 19.6. The summed E-state index contributed by atoms with van der Waals surface area (Å²) in [6.07, 6.45) is 1.79. The van der Waals surface area contributed by atoms with Gasteiger partial charge in [0.2, 0.25) is 11.8 Å². The van der Waals surface area contributed by atoms with E-state index in [-0.39, 0.29) is 24.0 Å². The van der Waals surface area contributed by atoms with Crippen LogP contribution in [0.1, 0.15) is 39.1 Å². The summed E-state index contributed by atoms with van der Waals surface area (Å²) >= 11 is 0. The Labute approximate surface area is 172 Å². The van der Waals surface area contributed by atoms with Crippen LogP contribution in [0.3, 0.4) is 0 Å². The molecule has 0 radical (unpaired) electrons. The number of carbonyl (C=O) groups is 4. The van der Waals surface area contributed by atoms with Crippen molar-refractivity contribution in [3.05, 3.63) is 53.2 Å². The Morgan fingerprint density at radius 2 is 1.93 bits per heavy atom. The summed E-state index contributed by atoms with van der Waals surface area (Å²) < 4.78 is 0.